The standard InChI is InChI=1S/C20H15F2N3O2/c21-15-2-1-3-18(7-15)27-12-17-10-25-9-14(8-23-20(25)24-17)19-5-4-16(22)6-13(19)11-26/h1-10,26H,11-12H2. The summed E-state index contributed by atoms with van der Waals surface area (Å²) in [6.45, 7) is -0.109. The highest BCUT2D eigenvalue weighted by atomic mass is 19.1. The van der Waals surface area contributed by atoms with Crippen LogP contribution in [-0.4, -0.2) is 19.5 Å². The number of benzene rings is 2. The number of aliphatic hydroxyl groups excluding tert-OH is 1. The van der Waals surface area contributed by atoms with E-state index in [1.54, 1.807) is 41.2 Å². The Morgan fingerprint density at radius 1 is 1.04 bits per heavy atom. The van der Waals surface area contributed by atoms with Crippen LogP contribution < -0.4 is 4.74 Å². The number of halogens is 2. The highest BCUT2D eigenvalue weighted by molar-refractivity contribution is 5.66. The van der Waals surface area contributed by atoms with E-state index in [2.05, 4.69) is 9.97 Å². The summed E-state index contributed by atoms with van der Waals surface area (Å²) in [7, 11) is 0. The van der Waals surface area contributed by atoms with Crippen LogP contribution in [0.1, 0.15) is 11.3 Å². The molecule has 4 aromatic rings. The topological polar surface area (TPSA) is 59.7 Å². The van der Waals surface area contributed by atoms with Crippen molar-refractivity contribution in [3.05, 3.63) is 83.9 Å². The second-order valence-corrected chi connectivity index (χ2v) is 5.99. The number of aliphatic hydroxyl groups is 1. The van der Waals surface area contributed by atoms with Gasteiger partial charge < -0.3 is 9.84 Å². The third-order valence-electron chi connectivity index (χ3n) is 4.09. The molecule has 0 fully saturated rings. The van der Waals surface area contributed by atoms with Gasteiger partial charge in [0.1, 0.15) is 24.0 Å². The highest BCUT2D eigenvalue weighted by Gasteiger charge is 2.10. The van der Waals surface area contributed by atoms with Crippen LogP contribution in [0.3, 0.4) is 0 Å². The number of nitrogens with zero attached hydrogens (tertiary/aromatic N) is 3. The maximum absolute atomic E-state index is 13.4. The molecule has 2 aromatic carbocycles. The van der Waals surface area contributed by atoms with Gasteiger partial charge in [0.2, 0.25) is 5.78 Å². The molecule has 0 atom stereocenters. The van der Waals surface area contributed by atoms with E-state index in [0.29, 0.717) is 28.3 Å². The maximum Gasteiger partial charge on any atom is 0.234 e. The van der Waals surface area contributed by atoms with Gasteiger partial charge in [-0.05, 0) is 35.4 Å². The summed E-state index contributed by atoms with van der Waals surface area (Å²) >= 11 is 0. The van der Waals surface area contributed by atoms with Crippen molar-refractivity contribution in [1.82, 2.24) is 14.4 Å². The molecule has 0 aliphatic heterocycles. The first-order valence-corrected chi connectivity index (χ1v) is 8.24. The van der Waals surface area contributed by atoms with Gasteiger partial charge in [0.05, 0.1) is 12.3 Å². The van der Waals surface area contributed by atoms with Crippen molar-refractivity contribution in [2.24, 2.45) is 0 Å². The third kappa shape index (κ3) is 3.63. The van der Waals surface area contributed by atoms with Gasteiger partial charge in [-0.3, -0.25) is 4.40 Å². The van der Waals surface area contributed by atoms with E-state index in [1.165, 1.54) is 24.3 Å². The monoisotopic (exact) mass is 367 g/mol. The van der Waals surface area contributed by atoms with Gasteiger partial charge in [0, 0.05) is 30.2 Å². The van der Waals surface area contributed by atoms with Crippen molar-refractivity contribution in [3.8, 4) is 16.9 Å². The Morgan fingerprint density at radius 3 is 2.70 bits per heavy atom. The fourth-order valence-electron chi connectivity index (χ4n) is 2.83. The highest BCUT2D eigenvalue weighted by Crippen LogP contribution is 2.24. The lowest BCUT2D eigenvalue weighted by Gasteiger charge is -2.07. The number of hydrogen-bond donors (Lipinski definition) is 1. The van der Waals surface area contributed by atoms with Crippen LogP contribution in [-0.2, 0) is 13.2 Å². The zero-order valence-corrected chi connectivity index (χ0v) is 14.1. The van der Waals surface area contributed by atoms with Crippen molar-refractivity contribution in [2.75, 3.05) is 0 Å². The molecule has 136 valence electrons. The minimum Gasteiger partial charge on any atom is -0.487 e. The first-order valence-electron chi connectivity index (χ1n) is 8.24. The minimum absolute atomic E-state index is 0.167. The summed E-state index contributed by atoms with van der Waals surface area (Å²) in [5, 5.41) is 9.47. The Hall–Kier alpha value is -3.32. The molecule has 0 spiro atoms. The predicted molar refractivity (Wildman–Crippen MR) is 95.0 cm³/mol. The van der Waals surface area contributed by atoms with Gasteiger partial charge in [-0.25, -0.2) is 18.7 Å². The molecule has 0 bridgehead atoms. The van der Waals surface area contributed by atoms with E-state index in [-0.39, 0.29) is 19.0 Å². The van der Waals surface area contributed by atoms with Gasteiger partial charge in [-0.1, -0.05) is 12.1 Å². The molecule has 7 heteroatoms. The molecule has 27 heavy (non-hydrogen) atoms. The maximum atomic E-state index is 13.4. The number of imidazole rings is 1. The van der Waals surface area contributed by atoms with Gasteiger partial charge >= 0.3 is 0 Å². The molecular formula is C20H15F2N3O2. The van der Waals surface area contributed by atoms with Gasteiger partial charge in [-0.15, -0.1) is 0 Å². The molecule has 0 radical (unpaired) electrons. The fraction of sp³-hybridized carbons (Fsp3) is 0.100. The van der Waals surface area contributed by atoms with Gasteiger partial charge in [-0.2, -0.15) is 0 Å². The molecule has 0 unspecified atom stereocenters. The lowest BCUT2D eigenvalue weighted by Crippen LogP contribution is -1.95. The minimum atomic E-state index is -0.406. The second-order valence-electron chi connectivity index (χ2n) is 5.99. The molecule has 2 aromatic heterocycles. The lowest BCUT2D eigenvalue weighted by molar-refractivity contribution is 0.282. The van der Waals surface area contributed by atoms with E-state index in [0.717, 1.165) is 5.56 Å². The molecular weight excluding hydrogens is 352 g/mol. The fourth-order valence-corrected chi connectivity index (χ4v) is 2.83. The van der Waals surface area contributed by atoms with Crippen molar-refractivity contribution in [3.63, 3.8) is 0 Å². The summed E-state index contributed by atoms with van der Waals surface area (Å²) in [5.41, 5.74) is 2.53. The third-order valence-corrected chi connectivity index (χ3v) is 4.09. The summed E-state index contributed by atoms with van der Waals surface area (Å²) in [6, 6.07) is 10.1. The molecule has 1 N–H and O–H groups in total. The molecule has 0 saturated carbocycles. The number of hydrogen-bond acceptors (Lipinski definition) is 4. The Bertz CT molecular complexity index is 1110. The summed E-state index contributed by atoms with van der Waals surface area (Å²) in [6.07, 6.45) is 5.17. The molecule has 0 aliphatic rings. The SMILES string of the molecule is OCc1cc(F)ccc1-c1cnc2nc(COc3cccc(F)c3)cn2c1. The van der Waals surface area contributed by atoms with Crippen LogP contribution in [0, 0.1) is 11.6 Å². The van der Waals surface area contributed by atoms with Crippen LogP contribution >= 0.6 is 0 Å². The first-order chi connectivity index (χ1) is 13.1. The summed E-state index contributed by atoms with van der Waals surface area (Å²) in [5.74, 6) is 0.118. The second kappa shape index (κ2) is 7.13. The Balaban J connectivity index is 1.60. The van der Waals surface area contributed by atoms with Gasteiger partial charge in [0.15, 0.2) is 0 Å². The zero-order valence-electron chi connectivity index (χ0n) is 14.1. The first kappa shape index (κ1) is 17.1. The van der Waals surface area contributed by atoms with E-state index in [4.69, 9.17) is 4.74 Å². The van der Waals surface area contributed by atoms with E-state index >= 15 is 0 Å². The average Bonchev–Trinajstić information content (AvgIpc) is 3.08. The molecule has 4 rings (SSSR count). The zero-order chi connectivity index (χ0) is 18.8. The van der Waals surface area contributed by atoms with Crippen LogP contribution in [0.2, 0.25) is 0 Å². The van der Waals surface area contributed by atoms with Crippen LogP contribution in [0.25, 0.3) is 16.9 Å². The largest absolute Gasteiger partial charge is 0.487 e. The van der Waals surface area contributed by atoms with Crippen LogP contribution in [0.4, 0.5) is 8.78 Å². The molecule has 0 aliphatic carbocycles. The van der Waals surface area contributed by atoms with Gasteiger partial charge in [0.25, 0.3) is 0 Å². The quantitative estimate of drug-likeness (QED) is 0.584. The molecule has 2 heterocycles. The Morgan fingerprint density at radius 2 is 1.89 bits per heavy atom. The van der Waals surface area contributed by atoms with Crippen LogP contribution in [0.5, 0.6) is 5.75 Å². The number of fused-ring (bicyclic) bond motifs is 1. The smallest absolute Gasteiger partial charge is 0.234 e. The van der Waals surface area contributed by atoms with E-state index in [1.807, 2.05) is 0 Å². The lowest BCUT2D eigenvalue weighted by atomic mass is 10.0. The van der Waals surface area contributed by atoms with Crippen molar-refractivity contribution in [1.29, 1.82) is 0 Å². The van der Waals surface area contributed by atoms with E-state index in [9.17, 15) is 13.9 Å². The predicted octanol–water partition coefficient (Wildman–Crippen LogP) is 3.75. The molecule has 5 nitrogen and oxygen atoms in total. The summed E-state index contributed by atoms with van der Waals surface area (Å²) in [4.78, 5) is 8.67. The average molecular weight is 367 g/mol. The number of rotatable bonds is 5. The van der Waals surface area contributed by atoms with Crippen molar-refractivity contribution < 1.29 is 18.6 Å². The molecule has 0 amide bonds. The summed E-state index contributed by atoms with van der Waals surface area (Å²) < 4.78 is 33.9. The number of aromatic nitrogens is 3. The number of ether oxygens (including phenoxy) is 1. The van der Waals surface area contributed by atoms with E-state index < -0.39 is 5.82 Å². The van der Waals surface area contributed by atoms with Crippen molar-refractivity contribution >= 4 is 5.78 Å². The Kier molecular flexibility index (Phi) is 4.52. The van der Waals surface area contributed by atoms with Crippen molar-refractivity contribution in [2.45, 2.75) is 13.2 Å². The molecule has 0 saturated heterocycles. The van der Waals surface area contributed by atoms with Crippen LogP contribution in [0.15, 0.2) is 61.1 Å². The Labute approximate surface area is 153 Å². The normalized spacial score (nSPS) is 11.1.